The van der Waals surface area contributed by atoms with E-state index in [-0.39, 0.29) is 17.7 Å². The summed E-state index contributed by atoms with van der Waals surface area (Å²) in [6.07, 6.45) is 3.19. The maximum atomic E-state index is 13.0. The van der Waals surface area contributed by atoms with Gasteiger partial charge in [-0.3, -0.25) is 9.59 Å². The van der Waals surface area contributed by atoms with Crippen molar-refractivity contribution in [3.05, 3.63) is 70.9 Å². The van der Waals surface area contributed by atoms with Gasteiger partial charge in [0.1, 0.15) is 10.6 Å². The monoisotopic (exact) mass is 474 g/mol. The van der Waals surface area contributed by atoms with Crippen LogP contribution in [-0.2, 0) is 11.3 Å². The molecule has 0 aliphatic carbocycles. The normalized spacial score (nSPS) is 14.4. The number of hydrogen-bond acceptors (Lipinski definition) is 6. The van der Waals surface area contributed by atoms with Crippen LogP contribution in [0.3, 0.4) is 0 Å². The van der Waals surface area contributed by atoms with Gasteiger partial charge >= 0.3 is 0 Å². The zero-order valence-electron chi connectivity index (χ0n) is 18.9. The van der Waals surface area contributed by atoms with Crippen LogP contribution in [0.25, 0.3) is 15.9 Å². The fourth-order valence-electron chi connectivity index (χ4n) is 4.39. The summed E-state index contributed by atoms with van der Waals surface area (Å²) in [4.78, 5) is 32.8. The summed E-state index contributed by atoms with van der Waals surface area (Å²) in [5.41, 5.74) is 8.27. The third-order valence-corrected chi connectivity index (χ3v) is 7.38. The molecule has 0 bridgehead atoms. The number of pyridine rings is 1. The van der Waals surface area contributed by atoms with Gasteiger partial charge in [0.2, 0.25) is 5.91 Å². The van der Waals surface area contributed by atoms with Gasteiger partial charge in [0, 0.05) is 42.7 Å². The van der Waals surface area contributed by atoms with Crippen LogP contribution >= 0.6 is 11.3 Å². The lowest BCUT2D eigenvalue weighted by molar-refractivity contribution is -0.122. The van der Waals surface area contributed by atoms with Crippen LogP contribution in [0.5, 0.6) is 0 Å². The largest absolute Gasteiger partial charge is 0.369 e. The molecule has 174 valence electrons. The molecule has 4 heterocycles. The maximum Gasteiger partial charge on any atom is 0.261 e. The second-order valence-corrected chi connectivity index (χ2v) is 9.53. The van der Waals surface area contributed by atoms with Crippen LogP contribution in [0.1, 0.15) is 33.8 Å². The number of aryl methyl sites for hydroxylation is 1. The number of piperidine rings is 1. The molecule has 0 spiro atoms. The summed E-state index contributed by atoms with van der Waals surface area (Å²) in [7, 11) is 0. The van der Waals surface area contributed by atoms with Gasteiger partial charge in [-0.25, -0.2) is 9.67 Å². The predicted molar refractivity (Wildman–Crippen MR) is 133 cm³/mol. The first-order chi connectivity index (χ1) is 16.5. The Bertz CT molecular complexity index is 1340. The lowest BCUT2D eigenvalue weighted by Crippen LogP contribution is -2.39. The lowest BCUT2D eigenvalue weighted by Gasteiger charge is -2.32. The van der Waals surface area contributed by atoms with Crippen molar-refractivity contribution in [3.8, 4) is 5.69 Å². The number of benzene rings is 1. The summed E-state index contributed by atoms with van der Waals surface area (Å²) in [6, 6.07) is 15.7. The van der Waals surface area contributed by atoms with Gasteiger partial charge in [0.25, 0.3) is 5.91 Å². The summed E-state index contributed by atoms with van der Waals surface area (Å²) in [6.45, 7) is 3.77. The van der Waals surface area contributed by atoms with E-state index in [1.807, 2.05) is 60.1 Å². The first-order valence-electron chi connectivity index (χ1n) is 11.3. The molecule has 1 fully saturated rings. The van der Waals surface area contributed by atoms with Gasteiger partial charge in [-0.1, -0.05) is 24.3 Å². The third kappa shape index (κ3) is 4.26. The van der Waals surface area contributed by atoms with Crippen molar-refractivity contribution in [1.29, 1.82) is 0 Å². The van der Waals surface area contributed by atoms with Crippen LogP contribution in [0.2, 0.25) is 0 Å². The molecular weight excluding hydrogens is 448 g/mol. The van der Waals surface area contributed by atoms with E-state index in [0.717, 1.165) is 58.9 Å². The number of carbonyl (C=O) groups is 2. The first kappa shape index (κ1) is 22.1. The smallest absolute Gasteiger partial charge is 0.261 e. The number of thiophene rings is 1. The molecule has 9 heteroatoms. The minimum atomic E-state index is -0.234. The van der Waals surface area contributed by atoms with E-state index in [9.17, 15) is 9.59 Å². The summed E-state index contributed by atoms with van der Waals surface area (Å²) >= 11 is 1.44. The summed E-state index contributed by atoms with van der Waals surface area (Å²) in [5, 5.41) is 8.68. The van der Waals surface area contributed by atoms with Gasteiger partial charge in [-0.15, -0.1) is 11.3 Å². The van der Waals surface area contributed by atoms with Crippen molar-refractivity contribution < 1.29 is 9.59 Å². The molecule has 0 unspecified atom stereocenters. The molecule has 5 rings (SSSR count). The van der Waals surface area contributed by atoms with E-state index in [0.29, 0.717) is 11.4 Å². The molecule has 8 nitrogen and oxygen atoms in total. The quantitative estimate of drug-likeness (QED) is 0.445. The van der Waals surface area contributed by atoms with E-state index in [1.54, 1.807) is 6.20 Å². The number of fused-ring (bicyclic) bond motifs is 1. The Kier molecular flexibility index (Phi) is 6.02. The Morgan fingerprint density at radius 2 is 1.91 bits per heavy atom. The fraction of sp³-hybridized carbons (Fsp3) is 0.280. The lowest BCUT2D eigenvalue weighted by atomic mass is 9.96. The van der Waals surface area contributed by atoms with Crippen molar-refractivity contribution in [2.75, 3.05) is 18.0 Å². The Morgan fingerprint density at radius 1 is 1.15 bits per heavy atom. The number of nitrogens with one attached hydrogen (secondary N) is 1. The standard InChI is InChI=1S/C25H26N6O2S/c1-16-20-14-21(34-25(20)31(29-16)19-7-3-2-4-8-19)24(33)28-15-18-6-5-11-27-23(18)30-12-9-17(10-13-30)22(26)32/h2-8,11,14,17H,9-10,12-13,15H2,1H3,(H2,26,32)(H,28,33). The number of amides is 2. The van der Waals surface area contributed by atoms with Crippen LogP contribution in [0, 0.1) is 12.8 Å². The molecule has 2 amide bonds. The molecule has 1 saturated heterocycles. The van der Waals surface area contributed by atoms with Crippen molar-refractivity contribution in [3.63, 3.8) is 0 Å². The van der Waals surface area contributed by atoms with Gasteiger partial charge in [0.15, 0.2) is 0 Å². The highest BCUT2D eigenvalue weighted by Crippen LogP contribution is 2.30. The number of nitrogens with two attached hydrogens (primary N) is 1. The maximum absolute atomic E-state index is 13.0. The predicted octanol–water partition coefficient (Wildman–Crippen LogP) is 3.42. The van der Waals surface area contributed by atoms with Crippen molar-refractivity contribution >= 4 is 39.2 Å². The average molecular weight is 475 g/mol. The Morgan fingerprint density at radius 3 is 2.65 bits per heavy atom. The fourth-order valence-corrected chi connectivity index (χ4v) is 5.49. The Balaban J connectivity index is 1.31. The van der Waals surface area contributed by atoms with E-state index >= 15 is 0 Å². The number of rotatable bonds is 6. The Labute approximate surface area is 201 Å². The topological polar surface area (TPSA) is 106 Å². The first-order valence-corrected chi connectivity index (χ1v) is 12.1. The molecule has 0 radical (unpaired) electrons. The van der Waals surface area contributed by atoms with Gasteiger partial charge in [-0.2, -0.15) is 5.10 Å². The van der Waals surface area contributed by atoms with Gasteiger partial charge in [0.05, 0.1) is 16.3 Å². The molecule has 1 aliphatic rings. The SMILES string of the molecule is Cc1nn(-c2ccccc2)c2sc(C(=O)NCc3cccnc3N3CCC(C(N)=O)CC3)cc12. The van der Waals surface area contributed by atoms with Crippen LogP contribution in [-0.4, -0.2) is 39.7 Å². The zero-order valence-corrected chi connectivity index (χ0v) is 19.7. The average Bonchev–Trinajstić information content (AvgIpc) is 3.44. The van der Waals surface area contributed by atoms with Crippen molar-refractivity contribution in [1.82, 2.24) is 20.1 Å². The number of para-hydroxylation sites is 1. The second-order valence-electron chi connectivity index (χ2n) is 8.49. The third-order valence-electron chi connectivity index (χ3n) is 6.27. The van der Waals surface area contributed by atoms with Gasteiger partial charge in [-0.05, 0) is 44.0 Å². The molecule has 1 aliphatic heterocycles. The molecule has 4 aromatic rings. The molecule has 3 aromatic heterocycles. The summed E-state index contributed by atoms with van der Waals surface area (Å²) < 4.78 is 1.89. The van der Waals surface area contributed by atoms with E-state index in [2.05, 4.69) is 20.3 Å². The molecule has 1 aromatic carbocycles. The van der Waals surface area contributed by atoms with E-state index in [4.69, 9.17) is 5.73 Å². The molecule has 0 atom stereocenters. The number of hydrogen-bond donors (Lipinski definition) is 2. The van der Waals surface area contributed by atoms with Crippen molar-refractivity contribution in [2.24, 2.45) is 11.7 Å². The minimum Gasteiger partial charge on any atom is -0.369 e. The number of carbonyl (C=O) groups excluding carboxylic acids is 2. The van der Waals surface area contributed by atoms with Gasteiger partial charge < -0.3 is 16.0 Å². The summed E-state index contributed by atoms with van der Waals surface area (Å²) in [5.74, 6) is 0.411. The van der Waals surface area contributed by atoms with Crippen molar-refractivity contribution in [2.45, 2.75) is 26.3 Å². The number of anilines is 1. The highest BCUT2D eigenvalue weighted by Gasteiger charge is 2.25. The van der Waals surface area contributed by atoms with E-state index < -0.39 is 0 Å². The van der Waals surface area contributed by atoms with Crippen LogP contribution < -0.4 is 16.0 Å². The highest BCUT2D eigenvalue weighted by atomic mass is 32.1. The second kappa shape index (κ2) is 9.26. The highest BCUT2D eigenvalue weighted by molar-refractivity contribution is 7.20. The molecule has 3 N–H and O–H groups in total. The molecule has 34 heavy (non-hydrogen) atoms. The number of aromatic nitrogens is 3. The van der Waals surface area contributed by atoms with E-state index in [1.165, 1.54) is 11.3 Å². The molecule has 0 saturated carbocycles. The van der Waals surface area contributed by atoms with Crippen LogP contribution in [0.4, 0.5) is 5.82 Å². The number of primary amides is 1. The van der Waals surface area contributed by atoms with Crippen LogP contribution in [0.15, 0.2) is 54.7 Å². The zero-order chi connectivity index (χ0) is 23.7. The number of nitrogens with zero attached hydrogens (tertiary/aromatic N) is 4. The Hall–Kier alpha value is -3.72. The molecular formula is C25H26N6O2S. The minimum absolute atomic E-state index is 0.0775.